The van der Waals surface area contributed by atoms with Crippen LogP contribution in [0.5, 0.6) is 0 Å². The summed E-state index contributed by atoms with van der Waals surface area (Å²) in [7, 11) is 0. The number of aromatic carboxylic acids is 1. The fourth-order valence-electron chi connectivity index (χ4n) is 2.38. The summed E-state index contributed by atoms with van der Waals surface area (Å²) in [6, 6.07) is 5.50. The lowest BCUT2D eigenvalue weighted by molar-refractivity contribution is -0.121. The average molecular weight is 287 g/mol. The summed E-state index contributed by atoms with van der Waals surface area (Å²) in [5, 5.41) is 12.1. The SMILES string of the molecule is O=C(CCCn1cnc2c(C(=O)O)cccc21)NC1CC1. The number of carbonyl (C=O) groups excluding carboxylic acids is 1. The van der Waals surface area contributed by atoms with Gasteiger partial charge in [-0.3, -0.25) is 4.79 Å². The van der Waals surface area contributed by atoms with Gasteiger partial charge in [0.1, 0.15) is 5.52 Å². The van der Waals surface area contributed by atoms with Gasteiger partial charge in [0.2, 0.25) is 5.91 Å². The van der Waals surface area contributed by atoms with Gasteiger partial charge in [-0.15, -0.1) is 0 Å². The number of nitrogens with zero attached hydrogens (tertiary/aromatic N) is 2. The number of rotatable bonds is 6. The molecule has 0 radical (unpaired) electrons. The molecule has 1 aliphatic rings. The maximum absolute atomic E-state index is 11.6. The molecule has 1 aromatic heterocycles. The first kappa shape index (κ1) is 13.6. The van der Waals surface area contributed by atoms with Crippen LogP contribution in [0.4, 0.5) is 0 Å². The van der Waals surface area contributed by atoms with Gasteiger partial charge in [-0.25, -0.2) is 9.78 Å². The van der Waals surface area contributed by atoms with Crippen LogP contribution in [0, 0.1) is 0 Å². The van der Waals surface area contributed by atoms with Crippen LogP contribution >= 0.6 is 0 Å². The molecule has 1 saturated carbocycles. The Balaban J connectivity index is 1.65. The maximum Gasteiger partial charge on any atom is 0.337 e. The first-order valence-electron chi connectivity index (χ1n) is 7.11. The molecule has 110 valence electrons. The van der Waals surface area contributed by atoms with E-state index in [-0.39, 0.29) is 11.5 Å². The summed E-state index contributed by atoms with van der Waals surface area (Å²) in [5.41, 5.74) is 1.49. The number of fused-ring (bicyclic) bond motifs is 1. The Labute approximate surface area is 121 Å². The van der Waals surface area contributed by atoms with E-state index >= 15 is 0 Å². The number of carbonyl (C=O) groups is 2. The molecule has 2 N–H and O–H groups in total. The van der Waals surface area contributed by atoms with Crippen LogP contribution in [0.2, 0.25) is 0 Å². The molecule has 0 atom stereocenters. The summed E-state index contributed by atoms with van der Waals surface area (Å²) >= 11 is 0. The molecule has 0 spiro atoms. The zero-order valence-electron chi connectivity index (χ0n) is 11.6. The van der Waals surface area contributed by atoms with Crippen molar-refractivity contribution in [2.45, 2.75) is 38.3 Å². The maximum atomic E-state index is 11.6. The number of imidazole rings is 1. The van der Waals surface area contributed by atoms with Gasteiger partial charge in [-0.05, 0) is 31.4 Å². The van der Waals surface area contributed by atoms with E-state index in [4.69, 9.17) is 5.11 Å². The Kier molecular flexibility index (Phi) is 3.60. The lowest BCUT2D eigenvalue weighted by Crippen LogP contribution is -2.25. The van der Waals surface area contributed by atoms with Crippen molar-refractivity contribution in [1.82, 2.24) is 14.9 Å². The Morgan fingerprint density at radius 2 is 2.19 bits per heavy atom. The first-order chi connectivity index (χ1) is 10.1. The van der Waals surface area contributed by atoms with Crippen molar-refractivity contribution in [2.24, 2.45) is 0 Å². The summed E-state index contributed by atoms with van der Waals surface area (Å²) in [4.78, 5) is 26.9. The van der Waals surface area contributed by atoms with Gasteiger partial charge in [0.05, 0.1) is 17.4 Å². The van der Waals surface area contributed by atoms with Crippen LogP contribution in [0.1, 0.15) is 36.0 Å². The van der Waals surface area contributed by atoms with Crippen LogP contribution in [0.15, 0.2) is 24.5 Å². The largest absolute Gasteiger partial charge is 0.478 e. The fraction of sp³-hybridized carbons (Fsp3) is 0.400. The van der Waals surface area contributed by atoms with Crippen LogP contribution in [-0.2, 0) is 11.3 Å². The van der Waals surface area contributed by atoms with E-state index in [1.165, 1.54) is 0 Å². The second-order valence-corrected chi connectivity index (χ2v) is 5.36. The normalized spacial score (nSPS) is 14.3. The van der Waals surface area contributed by atoms with Crippen LogP contribution in [0.3, 0.4) is 0 Å². The average Bonchev–Trinajstić information content (AvgIpc) is 3.17. The van der Waals surface area contributed by atoms with Gasteiger partial charge < -0.3 is 15.0 Å². The van der Waals surface area contributed by atoms with Crippen LogP contribution < -0.4 is 5.32 Å². The monoisotopic (exact) mass is 287 g/mol. The summed E-state index contributed by atoms with van der Waals surface area (Å²) in [6.07, 6.45) is 5.01. The topological polar surface area (TPSA) is 84.2 Å². The first-order valence-corrected chi connectivity index (χ1v) is 7.11. The molecular weight excluding hydrogens is 270 g/mol. The third kappa shape index (κ3) is 3.04. The van der Waals surface area contributed by atoms with Gasteiger partial charge in [0.15, 0.2) is 0 Å². The number of amides is 1. The van der Waals surface area contributed by atoms with Crippen molar-refractivity contribution in [3.8, 4) is 0 Å². The molecule has 2 aromatic rings. The second kappa shape index (κ2) is 5.55. The zero-order chi connectivity index (χ0) is 14.8. The Morgan fingerprint density at radius 3 is 2.90 bits per heavy atom. The van der Waals surface area contributed by atoms with E-state index in [9.17, 15) is 9.59 Å². The summed E-state index contributed by atoms with van der Waals surface area (Å²) in [5.74, 6) is -0.886. The predicted molar refractivity (Wildman–Crippen MR) is 77.1 cm³/mol. The minimum atomic E-state index is -0.977. The Morgan fingerprint density at radius 1 is 1.38 bits per heavy atom. The number of aromatic nitrogens is 2. The number of carboxylic acids is 1. The molecule has 3 rings (SSSR count). The van der Waals surface area contributed by atoms with Gasteiger partial charge in [0, 0.05) is 19.0 Å². The van der Waals surface area contributed by atoms with E-state index in [0.29, 0.717) is 30.9 Å². The highest BCUT2D eigenvalue weighted by molar-refractivity contribution is 6.00. The van der Waals surface area contributed by atoms with Crippen molar-refractivity contribution in [3.05, 3.63) is 30.1 Å². The predicted octanol–water partition coefficient (Wildman–Crippen LogP) is 1.79. The number of hydrogen-bond acceptors (Lipinski definition) is 3. The highest BCUT2D eigenvalue weighted by atomic mass is 16.4. The van der Waals surface area contributed by atoms with Crippen molar-refractivity contribution < 1.29 is 14.7 Å². The van der Waals surface area contributed by atoms with Gasteiger partial charge in [0.25, 0.3) is 0 Å². The molecule has 0 aliphatic heterocycles. The minimum Gasteiger partial charge on any atom is -0.478 e. The molecule has 0 unspecified atom stereocenters. The number of para-hydroxylation sites is 1. The van der Waals surface area contributed by atoms with E-state index < -0.39 is 5.97 Å². The second-order valence-electron chi connectivity index (χ2n) is 5.36. The highest BCUT2D eigenvalue weighted by Crippen LogP contribution is 2.19. The summed E-state index contributed by atoms with van der Waals surface area (Å²) < 4.78 is 1.90. The van der Waals surface area contributed by atoms with Crippen molar-refractivity contribution >= 4 is 22.9 Å². The van der Waals surface area contributed by atoms with Gasteiger partial charge >= 0.3 is 5.97 Å². The molecule has 1 amide bonds. The van der Waals surface area contributed by atoms with Crippen molar-refractivity contribution in [2.75, 3.05) is 0 Å². The molecular formula is C15H17N3O3. The molecule has 1 heterocycles. The number of benzene rings is 1. The lowest BCUT2D eigenvalue weighted by atomic mass is 10.2. The number of carboxylic acid groups (broad SMARTS) is 1. The number of aryl methyl sites for hydroxylation is 1. The van der Waals surface area contributed by atoms with Crippen LogP contribution in [0.25, 0.3) is 11.0 Å². The van der Waals surface area contributed by atoms with Crippen LogP contribution in [-0.4, -0.2) is 32.6 Å². The molecule has 0 saturated heterocycles. The Hall–Kier alpha value is -2.37. The quantitative estimate of drug-likeness (QED) is 0.848. The van der Waals surface area contributed by atoms with Gasteiger partial charge in [-0.1, -0.05) is 6.07 Å². The smallest absolute Gasteiger partial charge is 0.337 e. The third-order valence-electron chi connectivity index (χ3n) is 3.63. The van der Waals surface area contributed by atoms with Gasteiger partial charge in [-0.2, -0.15) is 0 Å². The lowest BCUT2D eigenvalue weighted by Gasteiger charge is -2.05. The fourth-order valence-corrected chi connectivity index (χ4v) is 2.38. The molecule has 6 nitrogen and oxygen atoms in total. The molecule has 1 fully saturated rings. The molecule has 1 aliphatic carbocycles. The molecule has 0 bridgehead atoms. The standard InChI is InChI=1S/C15H17N3O3/c19-13(17-10-6-7-10)5-2-8-18-9-16-14-11(15(20)21)3-1-4-12(14)18/h1,3-4,9-10H,2,5-8H2,(H,17,19)(H,20,21). The third-order valence-corrected chi connectivity index (χ3v) is 3.63. The van der Waals surface area contributed by atoms with E-state index in [0.717, 1.165) is 18.4 Å². The number of nitrogens with one attached hydrogen (secondary N) is 1. The molecule has 6 heteroatoms. The highest BCUT2D eigenvalue weighted by Gasteiger charge is 2.22. The van der Waals surface area contributed by atoms with Crippen molar-refractivity contribution in [3.63, 3.8) is 0 Å². The number of hydrogen-bond donors (Lipinski definition) is 2. The van der Waals surface area contributed by atoms with E-state index in [1.54, 1.807) is 18.5 Å². The molecule has 21 heavy (non-hydrogen) atoms. The van der Waals surface area contributed by atoms with E-state index in [2.05, 4.69) is 10.3 Å². The molecule has 1 aromatic carbocycles. The van der Waals surface area contributed by atoms with Crippen molar-refractivity contribution in [1.29, 1.82) is 0 Å². The summed E-state index contributed by atoms with van der Waals surface area (Å²) in [6.45, 7) is 0.650. The minimum absolute atomic E-state index is 0.0909. The zero-order valence-corrected chi connectivity index (χ0v) is 11.6. The van der Waals surface area contributed by atoms with E-state index in [1.807, 2.05) is 10.6 Å². The Bertz CT molecular complexity index is 689.